The molecule has 6 heteroatoms. The molecule has 1 unspecified atom stereocenters. The molecule has 0 saturated carbocycles. The van der Waals surface area contributed by atoms with Crippen LogP contribution in [0.1, 0.15) is 271 Å². The fourth-order valence-corrected chi connectivity index (χ4v) is 8.35. The zero-order valence-corrected chi connectivity index (χ0v) is 50.4. The number of allylic oxidation sites excluding steroid dienone is 24. The largest absolute Gasteiger partial charge is 0.462 e. The molecule has 0 N–H and O–H groups in total. The Bertz CT molecular complexity index is 1710. The Kier molecular flexibility index (Phi) is 60.9. The molecule has 0 aromatic heterocycles. The molecule has 0 saturated heterocycles. The van der Waals surface area contributed by atoms with Gasteiger partial charge in [0.2, 0.25) is 0 Å². The first-order valence-electron chi connectivity index (χ1n) is 31.8. The van der Waals surface area contributed by atoms with Crippen molar-refractivity contribution in [2.45, 2.75) is 277 Å². The first-order chi connectivity index (χ1) is 38.5. The Morgan fingerprint density at radius 3 is 0.782 bits per heavy atom. The summed E-state index contributed by atoms with van der Waals surface area (Å²) in [5, 5.41) is 0. The highest BCUT2D eigenvalue weighted by atomic mass is 16.6. The molecule has 0 aromatic rings. The smallest absolute Gasteiger partial charge is 0.306 e. The lowest BCUT2D eigenvalue weighted by atomic mass is 10.1. The van der Waals surface area contributed by atoms with Crippen LogP contribution in [0.15, 0.2) is 146 Å². The van der Waals surface area contributed by atoms with E-state index in [0.717, 1.165) is 161 Å². The summed E-state index contributed by atoms with van der Waals surface area (Å²) >= 11 is 0. The predicted octanol–water partition coefficient (Wildman–Crippen LogP) is 21.9. The average molecular weight is 1080 g/mol. The number of hydrogen-bond acceptors (Lipinski definition) is 6. The van der Waals surface area contributed by atoms with E-state index in [4.69, 9.17) is 14.2 Å². The van der Waals surface area contributed by atoms with Crippen LogP contribution < -0.4 is 0 Å². The summed E-state index contributed by atoms with van der Waals surface area (Å²) in [5.74, 6) is -0.949. The number of rotatable bonds is 56. The van der Waals surface area contributed by atoms with Crippen LogP contribution in [0.3, 0.4) is 0 Å². The van der Waals surface area contributed by atoms with Crippen LogP contribution >= 0.6 is 0 Å². The highest BCUT2D eigenvalue weighted by molar-refractivity contribution is 5.71. The fraction of sp³-hybridized carbons (Fsp3) is 0.625. The summed E-state index contributed by atoms with van der Waals surface area (Å²) < 4.78 is 16.9. The van der Waals surface area contributed by atoms with Crippen molar-refractivity contribution in [1.82, 2.24) is 0 Å². The van der Waals surface area contributed by atoms with Gasteiger partial charge in [-0.3, -0.25) is 14.4 Å². The topological polar surface area (TPSA) is 78.9 Å². The monoisotopic (exact) mass is 1080 g/mol. The van der Waals surface area contributed by atoms with Gasteiger partial charge in [0.05, 0.1) is 0 Å². The van der Waals surface area contributed by atoms with Crippen molar-refractivity contribution in [3.63, 3.8) is 0 Å². The molecule has 6 nitrogen and oxygen atoms in total. The quantitative estimate of drug-likeness (QED) is 0.0261. The summed E-state index contributed by atoms with van der Waals surface area (Å²) in [4.78, 5) is 38.4. The Labute approximate surface area is 480 Å². The maximum absolute atomic E-state index is 12.9. The molecular weight excluding hydrogens is 961 g/mol. The van der Waals surface area contributed by atoms with E-state index in [9.17, 15) is 14.4 Å². The minimum atomic E-state index is -0.809. The van der Waals surface area contributed by atoms with E-state index < -0.39 is 6.10 Å². The van der Waals surface area contributed by atoms with Crippen LogP contribution in [0.4, 0.5) is 0 Å². The van der Waals surface area contributed by atoms with Gasteiger partial charge in [-0.1, -0.05) is 256 Å². The Balaban J connectivity index is 4.51. The summed E-state index contributed by atoms with van der Waals surface area (Å²) in [6.45, 7) is 6.36. The minimum absolute atomic E-state index is 0.102. The lowest BCUT2D eigenvalue weighted by Gasteiger charge is -2.18. The summed E-state index contributed by atoms with van der Waals surface area (Å²) in [6.07, 6.45) is 92.6. The van der Waals surface area contributed by atoms with Crippen molar-refractivity contribution in [3.8, 4) is 0 Å². The van der Waals surface area contributed by atoms with Gasteiger partial charge in [0.1, 0.15) is 13.2 Å². The van der Waals surface area contributed by atoms with Gasteiger partial charge in [0.15, 0.2) is 6.10 Å². The molecule has 0 aromatic carbocycles. The molecule has 0 aliphatic carbocycles. The molecule has 0 bridgehead atoms. The van der Waals surface area contributed by atoms with Crippen molar-refractivity contribution in [2.75, 3.05) is 13.2 Å². The molecule has 0 fully saturated rings. The van der Waals surface area contributed by atoms with Crippen LogP contribution in [0, 0.1) is 0 Å². The summed E-state index contributed by atoms with van der Waals surface area (Å²) in [6, 6.07) is 0. The molecule has 1 atom stereocenters. The molecule has 0 amide bonds. The fourth-order valence-electron chi connectivity index (χ4n) is 8.35. The summed E-state index contributed by atoms with van der Waals surface area (Å²) in [7, 11) is 0. The van der Waals surface area contributed by atoms with Crippen molar-refractivity contribution in [1.29, 1.82) is 0 Å². The third-order valence-electron chi connectivity index (χ3n) is 13.1. The lowest BCUT2D eigenvalue weighted by Crippen LogP contribution is -2.30. The maximum atomic E-state index is 12.9. The van der Waals surface area contributed by atoms with Crippen molar-refractivity contribution < 1.29 is 28.6 Å². The normalized spacial score (nSPS) is 13.1. The van der Waals surface area contributed by atoms with E-state index in [2.05, 4.69) is 167 Å². The lowest BCUT2D eigenvalue weighted by molar-refractivity contribution is -0.167. The van der Waals surface area contributed by atoms with Crippen molar-refractivity contribution >= 4 is 17.9 Å². The van der Waals surface area contributed by atoms with Gasteiger partial charge in [0.25, 0.3) is 0 Å². The number of ether oxygens (including phenoxy) is 3. The van der Waals surface area contributed by atoms with E-state index in [1.807, 2.05) is 0 Å². The van der Waals surface area contributed by atoms with Crippen LogP contribution in [0.5, 0.6) is 0 Å². The number of unbranched alkanes of at least 4 members (excludes halogenated alkanes) is 21. The SMILES string of the molecule is CC/C=C\C/C=C\C/C=C\C/C=C\C/C=C\C/C=C\CCCCCCC(=O)OCC(COC(=O)CCCCCCCCC/C=C\C/C=C\CCCCCC)OC(=O)CCCCCCCC/C=C\C/C=C\C/C=C\C/C=C\CC. The minimum Gasteiger partial charge on any atom is -0.462 e. The molecule has 0 spiro atoms. The zero-order chi connectivity index (χ0) is 56.4. The number of carbonyl (C=O) groups is 3. The van der Waals surface area contributed by atoms with E-state index in [1.165, 1.54) is 70.6 Å². The second-order valence-electron chi connectivity index (χ2n) is 20.5. The molecule has 0 heterocycles. The van der Waals surface area contributed by atoms with Gasteiger partial charge in [-0.05, 0) is 141 Å². The standard InChI is InChI=1S/C72H116O6/c1-4-7-10-13-16-19-22-25-28-31-34-35-36-37-39-41-44-47-50-53-56-59-62-65-71(74)77-68-69(67-76-70(73)64-61-58-55-52-49-46-43-40-33-30-27-24-21-18-15-12-9-6-3)78-72(75)66-63-60-57-54-51-48-45-42-38-32-29-26-23-20-17-14-11-8-5-2/h7-8,10-11,16-17,19-21,24-26,28-30,33-35,37-39,42,44,47,69H,4-6,9,12-15,18,22-23,27,31-32,36,40-41,43,45-46,48-68H2,1-3H3/b10-7-,11-8-,19-16-,20-17-,24-21-,28-25-,29-26-,33-30-,35-34-,39-37-,42-38-,47-44-. The first kappa shape index (κ1) is 73.3. The van der Waals surface area contributed by atoms with E-state index in [-0.39, 0.29) is 31.1 Å². The highest BCUT2D eigenvalue weighted by Crippen LogP contribution is 2.14. The summed E-state index contributed by atoms with van der Waals surface area (Å²) in [5.41, 5.74) is 0. The van der Waals surface area contributed by atoms with E-state index in [1.54, 1.807) is 0 Å². The Morgan fingerprint density at radius 2 is 0.500 bits per heavy atom. The van der Waals surface area contributed by atoms with Gasteiger partial charge in [-0.2, -0.15) is 0 Å². The number of carbonyl (C=O) groups excluding carboxylic acids is 3. The van der Waals surface area contributed by atoms with Gasteiger partial charge in [0, 0.05) is 19.3 Å². The van der Waals surface area contributed by atoms with Gasteiger partial charge in [-0.15, -0.1) is 0 Å². The number of esters is 3. The molecule has 0 rings (SSSR count). The third kappa shape index (κ3) is 62.1. The second kappa shape index (κ2) is 64.8. The Morgan fingerprint density at radius 1 is 0.269 bits per heavy atom. The molecule has 0 aliphatic heterocycles. The Hall–Kier alpha value is -4.71. The zero-order valence-electron chi connectivity index (χ0n) is 50.4. The van der Waals surface area contributed by atoms with Crippen LogP contribution in [0.25, 0.3) is 0 Å². The third-order valence-corrected chi connectivity index (χ3v) is 13.1. The van der Waals surface area contributed by atoms with E-state index >= 15 is 0 Å². The number of hydrogen-bond donors (Lipinski definition) is 0. The van der Waals surface area contributed by atoms with Gasteiger partial charge in [-0.25, -0.2) is 0 Å². The first-order valence-corrected chi connectivity index (χ1v) is 31.8. The van der Waals surface area contributed by atoms with Gasteiger partial charge < -0.3 is 14.2 Å². The average Bonchev–Trinajstić information content (AvgIpc) is 3.44. The van der Waals surface area contributed by atoms with Crippen molar-refractivity contribution in [3.05, 3.63) is 146 Å². The van der Waals surface area contributed by atoms with Crippen LogP contribution in [-0.2, 0) is 28.6 Å². The molecule has 78 heavy (non-hydrogen) atoms. The second-order valence-corrected chi connectivity index (χ2v) is 20.5. The van der Waals surface area contributed by atoms with E-state index in [0.29, 0.717) is 19.3 Å². The predicted molar refractivity (Wildman–Crippen MR) is 339 cm³/mol. The maximum Gasteiger partial charge on any atom is 0.306 e. The van der Waals surface area contributed by atoms with Crippen molar-refractivity contribution in [2.24, 2.45) is 0 Å². The highest BCUT2D eigenvalue weighted by Gasteiger charge is 2.19. The van der Waals surface area contributed by atoms with Crippen LogP contribution in [-0.4, -0.2) is 37.2 Å². The molecular formula is C72H116O6. The molecule has 0 aliphatic rings. The molecule has 0 radical (unpaired) electrons. The van der Waals surface area contributed by atoms with Gasteiger partial charge >= 0.3 is 17.9 Å². The van der Waals surface area contributed by atoms with Crippen LogP contribution in [0.2, 0.25) is 0 Å². The molecule has 440 valence electrons.